The molecule has 0 unspecified atom stereocenters. The van der Waals surface area contributed by atoms with Crippen LogP contribution in [0.4, 0.5) is 0 Å². The number of nitrogens with one attached hydrogen (secondary N) is 1. The molecule has 1 heterocycles. The summed E-state index contributed by atoms with van der Waals surface area (Å²) in [6.07, 6.45) is 3.88. The first-order valence-electron chi connectivity index (χ1n) is 5.69. The molecule has 0 aliphatic rings. The summed E-state index contributed by atoms with van der Waals surface area (Å²) in [6.45, 7) is 1.59. The Kier molecular flexibility index (Phi) is 4.38. The zero-order valence-corrected chi connectivity index (χ0v) is 12.1. The average Bonchev–Trinajstić information content (AvgIpc) is 2.77. The van der Waals surface area contributed by atoms with Crippen molar-refractivity contribution < 1.29 is 4.74 Å². The number of aryl methyl sites for hydroxylation is 1. The highest BCUT2D eigenvalue weighted by Gasteiger charge is 2.02. The Morgan fingerprint density at radius 1 is 1.39 bits per heavy atom. The second-order valence-corrected chi connectivity index (χ2v) is 4.94. The first-order chi connectivity index (χ1) is 8.69. The van der Waals surface area contributed by atoms with Gasteiger partial charge in [-0.2, -0.15) is 5.10 Å². The van der Waals surface area contributed by atoms with Gasteiger partial charge in [0.2, 0.25) is 0 Å². The molecule has 1 aromatic heterocycles. The molecule has 1 N–H and O–H groups in total. The van der Waals surface area contributed by atoms with E-state index in [1.54, 1.807) is 11.8 Å². The third kappa shape index (κ3) is 3.34. The third-order valence-corrected chi connectivity index (χ3v) is 3.43. The van der Waals surface area contributed by atoms with Crippen molar-refractivity contribution in [3.63, 3.8) is 0 Å². The Morgan fingerprint density at radius 3 is 2.89 bits per heavy atom. The number of halogens is 1. The van der Waals surface area contributed by atoms with Gasteiger partial charge in [0.1, 0.15) is 5.75 Å². The van der Waals surface area contributed by atoms with E-state index >= 15 is 0 Å². The minimum absolute atomic E-state index is 0.784. The largest absolute Gasteiger partial charge is 0.497 e. The third-order valence-electron chi connectivity index (χ3n) is 2.66. The van der Waals surface area contributed by atoms with Crippen LogP contribution in [-0.2, 0) is 20.1 Å². The lowest BCUT2D eigenvalue weighted by atomic mass is 10.2. The average molecular weight is 310 g/mol. The number of nitrogens with zero attached hydrogens (tertiary/aromatic N) is 2. The maximum absolute atomic E-state index is 5.22. The minimum atomic E-state index is 0.784. The second kappa shape index (κ2) is 6.02. The van der Waals surface area contributed by atoms with Gasteiger partial charge in [-0.3, -0.25) is 4.68 Å². The topological polar surface area (TPSA) is 39.1 Å². The van der Waals surface area contributed by atoms with E-state index in [0.29, 0.717) is 0 Å². The Bertz CT molecular complexity index is 525. The molecule has 0 saturated heterocycles. The summed E-state index contributed by atoms with van der Waals surface area (Å²) in [5, 5.41) is 7.52. The minimum Gasteiger partial charge on any atom is -0.497 e. The molecular formula is C13H16BrN3O. The van der Waals surface area contributed by atoms with Gasteiger partial charge < -0.3 is 10.1 Å². The van der Waals surface area contributed by atoms with Crippen LogP contribution in [0.5, 0.6) is 5.75 Å². The molecule has 18 heavy (non-hydrogen) atoms. The van der Waals surface area contributed by atoms with Crippen molar-refractivity contribution in [3.8, 4) is 5.75 Å². The van der Waals surface area contributed by atoms with E-state index in [4.69, 9.17) is 4.74 Å². The fraction of sp³-hybridized carbons (Fsp3) is 0.308. The van der Waals surface area contributed by atoms with E-state index in [1.165, 1.54) is 11.1 Å². The SMILES string of the molecule is COc1ccc(Br)c(CNCc2cnn(C)c2)c1. The van der Waals surface area contributed by atoms with Crippen LogP contribution in [-0.4, -0.2) is 16.9 Å². The summed E-state index contributed by atoms with van der Waals surface area (Å²) in [7, 11) is 3.60. The van der Waals surface area contributed by atoms with Gasteiger partial charge in [-0.05, 0) is 23.8 Å². The molecule has 5 heteroatoms. The van der Waals surface area contributed by atoms with Crippen LogP contribution < -0.4 is 10.1 Å². The fourth-order valence-electron chi connectivity index (χ4n) is 1.72. The van der Waals surface area contributed by atoms with Crippen LogP contribution in [0.15, 0.2) is 35.1 Å². The van der Waals surface area contributed by atoms with Crippen molar-refractivity contribution in [1.82, 2.24) is 15.1 Å². The molecule has 0 saturated carbocycles. The van der Waals surface area contributed by atoms with Crippen molar-refractivity contribution in [2.75, 3.05) is 7.11 Å². The van der Waals surface area contributed by atoms with Gasteiger partial charge in [0.25, 0.3) is 0 Å². The van der Waals surface area contributed by atoms with Gasteiger partial charge in [-0.25, -0.2) is 0 Å². The van der Waals surface area contributed by atoms with Crippen LogP contribution in [0.3, 0.4) is 0 Å². The lowest BCUT2D eigenvalue weighted by Gasteiger charge is -2.08. The standard InChI is InChI=1S/C13H16BrN3O/c1-17-9-10(7-16-17)6-15-8-11-5-12(18-2)3-4-13(11)14/h3-5,7,9,15H,6,8H2,1-2H3. The highest BCUT2D eigenvalue weighted by molar-refractivity contribution is 9.10. The molecule has 0 aliphatic heterocycles. The molecule has 0 amide bonds. The zero-order valence-electron chi connectivity index (χ0n) is 10.5. The highest BCUT2D eigenvalue weighted by atomic mass is 79.9. The van der Waals surface area contributed by atoms with E-state index in [1.807, 2.05) is 37.6 Å². The summed E-state index contributed by atoms with van der Waals surface area (Å²) >= 11 is 3.54. The smallest absolute Gasteiger partial charge is 0.119 e. The zero-order chi connectivity index (χ0) is 13.0. The summed E-state index contributed by atoms with van der Waals surface area (Å²) in [4.78, 5) is 0. The number of hydrogen-bond donors (Lipinski definition) is 1. The number of rotatable bonds is 5. The van der Waals surface area contributed by atoms with Gasteiger partial charge >= 0.3 is 0 Å². The molecule has 0 atom stereocenters. The molecule has 0 aliphatic carbocycles. The summed E-state index contributed by atoms with van der Waals surface area (Å²) < 4.78 is 8.11. The fourth-order valence-corrected chi connectivity index (χ4v) is 2.11. The first-order valence-corrected chi connectivity index (χ1v) is 6.49. The Balaban J connectivity index is 1.93. The molecule has 0 radical (unpaired) electrons. The first kappa shape index (κ1) is 13.1. The van der Waals surface area contributed by atoms with E-state index in [-0.39, 0.29) is 0 Å². The Hall–Kier alpha value is -1.33. The van der Waals surface area contributed by atoms with Gasteiger partial charge in [-0.1, -0.05) is 15.9 Å². The molecule has 2 aromatic rings. The van der Waals surface area contributed by atoms with Gasteiger partial charge in [0.05, 0.1) is 13.3 Å². The van der Waals surface area contributed by atoms with Crippen LogP contribution in [0, 0.1) is 0 Å². The van der Waals surface area contributed by atoms with E-state index in [9.17, 15) is 0 Å². The van der Waals surface area contributed by atoms with E-state index in [0.717, 1.165) is 23.3 Å². The van der Waals surface area contributed by atoms with Crippen molar-refractivity contribution in [1.29, 1.82) is 0 Å². The van der Waals surface area contributed by atoms with Gasteiger partial charge in [0, 0.05) is 36.4 Å². The van der Waals surface area contributed by atoms with Crippen molar-refractivity contribution in [2.45, 2.75) is 13.1 Å². The number of benzene rings is 1. The normalized spacial score (nSPS) is 10.6. The number of methoxy groups -OCH3 is 1. The Labute approximate surface area is 115 Å². The Morgan fingerprint density at radius 2 is 2.22 bits per heavy atom. The summed E-state index contributed by atoms with van der Waals surface area (Å²) in [5.74, 6) is 0.872. The highest BCUT2D eigenvalue weighted by Crippen LogP contribution is 2.22. The van der Waals surface area contributed by atoms with Crippen LogP contribution in [0.2, 0.25) is 0 Å². The molecular weight excluding hydrogens is 294 g/mol. The molecule has 0 spiro atoms. The molecule has 4 nitrogen and oxygen atoms in total. The molecule has 0 bridgehead atoms. The molecule has 1 aromatic carbocycles. The second-order valence-electron chi connectivity index (χ2n) is 4.08. The van der Waals surface area contributed by atoms with Crippen molar-refractivity contribution >= 4 is 15.9 Å². The van der Waals surface area contributed by atoms with Gasteiger partial charge in [0.15, 0.2) is 0 Å². The summed E-state index contributed by atoms with van der Waals surface area (Å²) in [6, 6.07) is 5.97. The predicted molar refractivity (Wildman–Crippen MR) is 74.4 cm³/mol. The summed E-state index contributed by atoms with van der Waals surface area (Å²) in [5.41, 5.74) is 2.36. The molecule has 2 rings (SSSR count). The van der Waals surface area contributed by atoms with Crippen LogP contribution in [0.1, 0.15) is 11.1 Å². The van der Waals surface area contributed by atoms with Gasteiger partial charge in [-0.15, -0.1) is 0 Å². The van der Waals surface area contributed by atoms with E-state index < -0.39 is 0 Å². The van der Waals surface area contributed by atoms with Crippen LogP contribution >= 0.6 is 15.9 Å². The molecule has 96 valence electrons. The lowest BCUT2D eigenvalue weighted by Crippen LogP contribution is -2.12. The number of ether oxygens (including phenoxy) is 1. The predicted octanol–water partition coefficient (Wildman–Crippen LogP) is 2.48. The van der Waals surface area contributed by atoms with Crippen LogP contribution in [0.25, 0.3) is 0 Å². The monoisotopic (exact) mass is 309 g/mol. The quantitative estimate of drug-likeness (QED) is 0.922. The maximum atomic E-state index is 5.22. The number of aromatic nitrogens is 2. The van der Waals surface area contributed by atoms with Crippen molar-refractivity contribution in [2.24, 2.45) is 7.05 Å². The van der Waals surface area contributed by atoms with Crippen molar-refractivity contribution in [3.05, 3.63) is 46.2 Å². The molecule has 0 fully saturated rings. The van der Waals surface area contributed by atoms with E-state index in [2.05, 4.69) is 26.3 Å². The lowest BCUT2D eigenvalue weighted by molar-refractivity contribution is 0.414. The number of hydrogen-bond acceptors (Lipinski definition) is 3. The maximum Gasteiger partial charge on any atom is 0.119 e.